The van der Waals surface area contributed by atoms with Gasteiger partial charge < -0.3 is 10.4 Å². The van der Waals surface area contributed by atoms with Gasteiger partial charge in [0.05, 0.1) is 22.0 Å². The van der Waals surface area contributed by atoms with Crippen LogP contribution in [0, 0.1) is 6.92 Å². The van der Waals surface area contributed by atoms with Crippen molar-refractivity contribution < 1.29 is 14.7 Å². The molecule has 0 bridgehead atoms. The third-order valence-electron chi connectivity index (χ3n) is 4.06. The summed E-state index contributed by atoms with van der Waals surface area (Å²) in [6, 6.07) is 2.85. The zero-order valence-electron chi connectivity index (χ0n) is 13.5. The Hall–Kier alpha value is -2.28. The number of aryl methyl sites for hydroxylation is 3. The second-order valence-electron chi connectivity index (χ2n) is 5.83. The average Bonchev–Trinajstić information content (AvgIpc) is 2.97. The van der Waals surface area contributed by atoms with E-state index in [1.165, 1.54) is 35.5 Å². The highest BCUT2D eigenvalue weighted by Crippen LogP contribution is 2.26. The molecular weight excluding hydrogens is 326 g/mol. The fraction of sp³-hybridized carbons (Fsp3) is 0.412. The van der Waals surface area contributed by atoms with Crippen LogP contribution < -0.4 is 5.32 Å². The standard InChI is InChI=1S/C17H19N3O3S/c1-10-11(17(22)23)6-7-13(19-10)16(21)18-9-8-15-20-12-4-2-3-5-14(12)24-15/h6-7H,2-5,8-9H2,1H3,(H,18,21)(H,22,23). The normalized spacial score (nSPS) is 13.4. The van der Waals surface area contributed by atoms with Crippen molar-refractivity contribution in [3.8, 4) is 0 Å². The number of carbonyl (C=O) groups is 2. The molecule has 1 aliphatic carbocycles. The molecule has 0 radical (unpaired) electrons. The smallest absolute Gasteiger partial charge is 0.337 e. The zero-order chi connectivity index (χ0) is 17.1. The summed E-state index contributed by atoms with van der Waals surface area (Å²) in [5, 5.41) is 12.9. The predicted octanol–water partition coefficient (Wildman–Crippen LogP) is 2.40. The molecule has 0 atom stereocenters. The van der Waals surface area contributed by atoms with Crippen LogP contribution in [0.5, 0.6) is 0 Å². The van der Waals surface area contributed by atoms with Crippen molar-refractivity contribution in [3.63, 3.8) is 0 Å². The largest absolute Gasteiger partial charge is 0.478 e. The Morgan fingerprint density at radius 2 is 2.04 bits per heavy atom. The lowest BCUT2D eigenvalue weighted by Crippen LogP contribution is -2.27. The minimum absolute atomic E-state index is 0.111. The minimum atomic E-state index is -1.04. The maximum Gasteiger partial charge on any atom is 0.337 e. The molecule has 24 heavy (non-hydrogen) atoms. The van der Waals surface area contributed by atoms with Crippen molar-refractivity contribution in [2.75, 3.05) is 6.54 Å². The van der Waals surface area contributed by atoms with E-state index >= 15 is 0 Å². The van der Waals surface area contributed by atoms with Crippen LogP contribution >= 0.6 is 11.3 Å². The Balaban J connectivity index is 1.56. The lowest BCUT2D eigenvalue weighted by molar-refractivity contribution is 0.0694. The average molecular weight is 345 g/mol. The van der Waals surface area contributed by atoms with Crippen LogP contribution in [0.4, 0.5) is 0 Å². The van der Waals surface area contributed by atoms with Crippen molar-refractivity contribution in [1.29, 1.82) is 0 Å². The second-order valence-corrected chi connectivity index (χ2v) is 6.99. The SMILES string of the molecule is Cc1nc(C(=O)NCCc2nc3c(s2)CCCC3)ccc1C(=O)O. The Bertz CT molecular complexity index is 762. The van der Waals surface area contributed by atoms with Crippen molar-refractivity contribution in [2.24, 2.45) is 0 Å². The first-order valence-corrected chi connectivity index (χ1v) is 8.83. The Morgan fingerprint density at radius 3 is 2.75 bits per heavy atom. The topological polar surface area (TPSA) is 92.2 Å². The number of carbonyl (C=O) groups excluding carboxylic acids is 1. The number of nitrogens with zero attached hydrogens (tertiary/aromatic N) is 2. The van der Waals surface area contributed by atoms with E-state index in [1.54, 1.807) is 18.3 Å². The number of fused-ring (bicyclic) bond motifs is 1. The van der Waals surface area contributed by atoms with Gasteiger partial charge in [0.15, 0.2) is 0 Å². The molecular formula is C17H19N3O3S. The van der Waals surface area contributed by atoms with Gasteiger partial charge in [-0.25, -0.2) is 14.8 Å². The van der Waals surface area contributed by atoms with Gasteiger partial charge in [0.2, 0.25) is 0 Å². The van der Waals surface area contributed by atoms with E-state index in [1.807, 2.05) is 0 Å². The molecule has 0 fully saturated rings. The number of amides is 1. The monoisotopic (exact) mass is 345 g/mol. The van der Waals surface area contributed by atoms with E-state index in [9.17, 15) is 9.59 Å². The molecule has 2 aromatic rings. The molecule has 2 N–H and O–H groups in total. The molecule has 2 aromatic heterocycles. The third-order valence-corrected chi connectivity index (χ3v) is 5.28. The molecule has 6 nitrogen and oxygen atoms in total. The van der Waals surface area contributed by atoms with Crippen LogP contribution in [0.1, 0.15) is 55.0 Å². The maximum absolute atomic E-state index is 12.1. The van der Waals surface area contributed by atoms with Crippen LogP contribution in [0.25, 0.3) is 0 Å². The van der Waals surface area contributed by atoms with E-state index in [4.69, 9.17) is 5.11 Å². The van der Waals surface area contributed by atoms with Gasteiger partial charge >= 0.3 is 5.97 Å². The molecule has 0 unspecified atom stereocenters. The first-order chi connectivity index (χ1) is 11.5. The minimum Gasteiger partial charge on any atom is -0.478 e. The number of thiazole rings is 1. The molecule has 0 spiro atoms. The van der Waals surface area contributed by atoms with Gasteiger partial charge in [-0.1, -0.05) is 0 Å². The Kier molecular flexibility index (Phi) is 4.89. The van der Waals surface area contributed by atoms with Crippen LogP contribution in [0.2, 0.25) is 0 Å². The first kappa shape index (κ1) is 16.6. The molecule has 0 saturated carbocycles. The third kappa shape index (κ3) is 3.62. The highest BCUT2D eigenvalue weighted by atomic mass is 32.1. The lowest BCUT2D eigenvalue weighted by atomic mass is 10.0. The number of rotatable bonds is 5. The molecule has 7 heteroatoms. The van der Waals surface area contributed by atoms with E-state index in [-0.39, 0.29) is 17.2 Å². The van der Waals surface area contributed by atoms with Gasteiger partial charge in [0.25, 0.3) is 5.91 Å². The molecule has 0 aromatic carbocycles. The maximum atomic E-state index is 12.1. The fourth-order valence-corrected chi connectivity index (χ4v) is 3.96. The summed E-state index contributed by atoms with van der Waals surface area (Å²) in [4.78, 5) is 33.2. The number of pyridine rings is 1. The van der Waals surface area contributed by atoms with Crippen LogP contribution in [-0.2, 0) is 19.3 Å². The zero-order valence-corrected chi connectivity index (χ0v) is 14.3. The quantitative estimate of drug-likeness (QED) is 0.868. The molecule has 3 rings (SSSR count). The Labute approximate surface area is 144 Å². The summed E-state index contributed by atoms with van der Waals surface area (Å²) in [6.45, 7) is 2.08. The summed E-state index contributed by atoms with van der Waals surface area (Å²) in [6.07, 6.45) is 5.35. The van der Waals surface area contributed by atoms with Crippen LogP contribution in [0.3, 0.4) is 0 Å². The highest BCUT2D eigenvalue weighted by Gasteiger charge is 2.16. The van der Waals surface area contributed by atoms with Crippen LogP contribution in [0.15, 0.2) is 12.1 Å². The summed E-state index contributed by atoms with van der Waals surface area (Å²) in [5.74, 6) is -1.34. The summed E-state index contributed by atoms with van der Waals surface area (Å²) in [5.41, 5.74) is 1.91. The number of hydrogen-bond donors (Lipinski definition) is 2. The fourth-order valence-electron chi connectivity index (χ4n) is 2.80. The first-order valence-electron chi connectivity index (χ1n) is 8.01. The van der Waals surface area contributed by atoms with Crippen molar-refractivity contribution in [2.45, 2.75) is 39.0 Å². The second kappa shape index (κ2) is 7.09. The Morgan fingerprint density at radius 1 is 1.25 bits per heavy atom. The van der Waals surface area contributed by atoms with Gasteiger partial charge in [-0.15, -0.1) is 11.3 Å². The molecule has 1 aliphatic rings. The number of aromatic carboxylic acids is 1. The number of hydrogen-bond acceptors (Lipinski definition) is 5. The number of aromatic nitrogens is 2. The molecule has 2 heterocycles. The van der Waals surface area contributed by atoms with E-state index in [0.29, 0.717) is 18.7 Å². The number of carboxylic acid groups (broad SMARTS) is 1. The summed E-state index contributed by atoms with van der Waals surface area (Å²) >= 11 is 1.75. The van der Waals surface area contributed by atoms with Crippen LogP contribution in [-0.4, -0.2) is 33.5 Å². The molecule has 0 aliphatic heterocycles. The van der Waals surface area contributed by atoms with E-state index < -0.39 is 5.97 Å². The summed E-state index contributed by atoms with van der Waals surface area (Å²) < 4.78 is 0. The van der Waals surface area contributed by atoms with E-state index in [2.05, 4.69) is 15.3 Å². The van der Waals surface area contributed by atoms with Gasteiger partial charge in [0, 0.05) is 17.8 Å². The highest BCUT2D eigenvalue weighted by molar-refractivity contribution is 7.11. The van der Waals surface area contributed by atoms with Crippen molar-refractivity contribution in [3.05, 3.63) is 44.7 Å². The van der Waals surface area contributed by atoms with Gasteiger partial charge in [-0.2, -0.15) is 0 Å². The molecule has 126 valence electrons. The number of carboxylic acids is 1. The summed E-state index contributed by atoms with van der Waals surface area (Å²) in [7, 11) is 0. The van der Waals surface area contributed by atoms with Crippen molar-refractivity contribution in [1.82, 2.24) is 15.3 Å². The molecule has 1 amide bonds. The van der Waals surface area contributed by atoms with Gasteiger partial charge in [-0.3, -0.25) is 4.79 Å². The van der Waals surface area contributed by atoms with Gasteiger partial charge in [0.1, 0.15) is 5.69 Å². The lowest BCUT2D eigenvalue weighted by Gasteiger charge is -2.06. The predicted molar refractivity (Wildman–Crippen MR) is 90.7 cm³/mol. The molecule has 0 saturated heterocycles. The van der Waals surface area contributed by atoms with Crippen molar-refractivity contribution >= 4 is 23.2 Å². The number of nitrogens with one attached hydrogen (secondary N) is 1. The van der Waals surface area contributed by atoms with E-state index in [0.717, 1.165) is 17.8 Å². The van der Waals surface area contributed by atoms with Gasteiger partial charge in [-0.05, 0) is 44.7 Å².